The Bertz CT molecular complexity index is 689. The molecule has 0 atom stereocenters. The van der Waals surface area contributed by atoms with Gasteiger partial charge in [0.15, 0.2) is 5.82 Å². The summed E-state index contributed by atoms with van der Waals surface area (Å²) in [6.45, 7) is 0. The number of anilines is 2. The molecule has 7 heteroatoms. The maximum atomic E-state index is 5.69. The molecule has 0 aliphatic carbocycles. The minimum Gasteiger partial charge on any atom is -0.368 e. The quantitative estimate of drug-likeness (QED) is 0.667. The monoisotopic (exact) mass is 241 g/mol. The first-order valence-electron chi connectivity index (χ1n) is 5.41. The Morgan fingerprint density at radius 3 is 2.56 bits per heavy atom. The summed E-state index contributed by atoms with van der Waals surface area (Å²) in [5, 5.41) is 4.25. The summed E-state index contributed by atoms with van der Waals surface area (Å²) >= 11 is 0. The number of benzene rings is 1. The highest BCUT2D eigenvalue weighted by atomic mass is 15.4. The van der Waals surface area contributed by atoms with Crippen LogP contribution in [-0.4, -0.2) is 24.6 Å². The van der Waals surface area contributed by atoms with Crippen molar-refractivity contribution in [3.63, 3.8) is 0 Å². The highest BCUT2D eigenvalue weighted by Gasteiger charge is 2.09. The van der Waals surface area contributed by atoms with E-state index in [0.717, 1.165) is 5.56 Å². The first kappa shape index (κ1) is 10.5. The minimum absolute atomic E-state index is 0.0960. The molecule has 2 heterocycles. The number of nitrogens with two attached hydrogens (primary N) is 2. The summed E-state index contributed by atoms with van der Waals surface area (Å²) < 4.78 is 1.38. The first-order valence-corrected chi connectivity index (χ1v) is 5.41. The third-order valence-electron chi connectivity index (χ3n) is 2.50. The van der Waals surface area contributed by atoms with Gasteiger partial charge in [-0.05, 0) is 5.56 Å². The van der Waals surface area contributed by atoms with Gasteiger partial charge in [0.05, 0.1) is 0 Å². The van der Waals surface area contributed by atoms with Gasteiger partial charge >= 0.3 is 0 Å². The SMILES string of the molecule is Nc1nc(N)n2nc(Cc3ccccc3)nc2n1. The zero-order chi connectivity index (χ0) is 12.5. The molecule has 0 saturated carbocycles. The number of hydrogen-bond donors (Lipinski definition) is 2. The number of nitrogen functional groups attached to an aromatic ring is 2. The lowest BCUT2D eigenvalue weighted by Crippen LogP contribution is -2.07. The van der Waals surface area contributed by atoms with Crippen molar-refractivity contribution in [1.82, 2.24) is 24.6 Å². The number of rotatable bonds is 2. The Balaban J connectivity index is 2.01. The molecule has 0 amide bonds. The standard InChI is InChI=1S/C11H11N7/c12-9-15-10(13)18-11(16-9)14-8(17-18)6-7-4-2-1-3-5-7/h1-5H,6H2,(H4,12,13,14,15,16,17). The van der Waals surface area contributed by atoms with E-state index in [1.54, 1.807) is 0 Å². The third-order valence-corrected chi connectivity index (χ3v) is 2.50. The van der Waals surface area contributed by atoms with E-state index in [9.17, 15) is 0 Å². The Labute approximate surface area is 102 Å². The van der Waals surface area contributed by atoms with Crippen LogP contribution in [0.25, 0.3) is 5.78 Å². The van der Waals surface area contributed by atoms with Crippen LogP contribution in [0, 0.1) is 0 Å². The molecule has 0 radical (unpaired) electrons. The van der Waals surface area contributed by atoms with Gasteiger partial charge in [-0.3, -0.25) is 0 Å². The summed E-state index contributed by atoms with van der Waals surface area (Å²) in [6, 6.07) is 9.92. The van der Waals surface area contributed by atoms with E-state index in [1.165, 1.54) is 4.52 Å². The van der Waals surface area contributed by atoms with Crippen LogP contribution in [0.5, 0.6) is 0 Å². The lowest BCUT2D eigenvalue weighted by atomic mass is 10.1. The number of hydrogen-bond acceptors (Lipinski definition) is 6. The van der Waals surface area contributed by atoms with Gasteiger partial charge in [-0.2, -0.15) is 19.5 Å². The predicted molar refractivity (Wildman–Crippen MR) is 66.6 cm³/mol. The van der Waals surface area contributed by atoms with Crippen LogP contribution >= 0.6 is 0 Å². The van der Waals surface area contributed by atoms with Crippen LogP contribution in [0.2, 0.25) is 0 Å². The summed E-state index contributed by atoms with van der Waals surface area (Å²) in [4.78, 5) is 12.1. The zero-order valence-corrected chi connectivity index (χ0v) is 9.48. The van der Waals surface area contributed by atoms with Gasteiger partial charge < -0.3 is 11.5 Å². The molecule has 2 aromatic heterocycles. The Hall–Kier alpha value is -2.70. The molecule has 0 unspecified atom stereocenters. The fraction of sp³-hybridized carbons (Fsp3) is 0.0909. The molecule has 0 spiro atoms. The summed E-state index contributed by atoms with van der Waals surface area (Å²) in [7, 11) is 0. The molecule has 1 aromatic carbocycles. The van der Waals surface area contributed by atoms with Crippen molar-refractivity contribution in [3.8, 4) is 0 Å². The third kappa shape index (κ3) is 1.81. The topological polar surface area (TPSA) is 108 Å². The van der Waals surface area contributed by atoms with E-state index in [2.05, 4.69) is 20.1 Å². The van der Waals surface area contributed by atoms with Gasteiger partial charge in [0, 0.05) is 6.42 Å². The molecular formula is C11H11N7. The second kappa shape index (κ2) is 3.95. The van der Waals surface area contributed by atoms with Gasteiger partial charge in [0.1, 0.15) is 0 Å². The molecule has 18 heavy (non-hydrogen) atoms. The van der Waals surface area contributed by atoms with Crippen molar-refractivity contribution in [3.05, 3.63) is 41.7 Å². The predicted octanol–water partition coefficient (Wildman–Crippen LogP) is 0.274. The van der Waals surface area contributed by atoms with E-state index in [0.29, 0.717) is 18.0 Å². The maximum absolute atomic E-state index is 5.69. The van der Waals surface area contributed by atoms with Crippen LogP contribution < -0.4 is 11.5 Å². The molecule has 4 N–H and O–H groups in total. The van der Waals surface area contributed by atoms with Crippen LogP contribution in [-0.2, 0) is 6.42 Å². The smallest absolute Gasteiger partial charge is 0.258 e. The largest absolute Gasteiger partial charge is 0.368 e. The van der Waals surface area contributed by atoms with Gasteiger partial charge in [-0.25, -0.2) is 0 Å². The summed E-state index contributed by atoms with van der Waals surface area (Å²) in [6.07, 6.45) is 0.615. The molecule has 3 rings (SSSR count). The molecule has 3 aromatic rings. The fourth-order valence-electron chi connectivity index (χ4n) is 1.72. The maximum Gasteiger partial charge on any atom is 0.258 e. The fourth-order valence-corrected chi connectivity index (χ4v) is 1.72. The lowest BCUT2D eigenvalue weighted by Gasteiger charge is -1.96. The van der Waals surface area contributed by atoms with Gasteiger partial charge in [-0.15, -0.1) is 5.10 Å². The van der Waals surface area contributed by atoms with Crippen molar-refractivity contribution in [1.29, 1.82) is 0 Å². The highest BCUT2D eigenvalue weighted by Crippen LogP contribution is 2.09. The van der Waals surface area contributed by atoms with Crippen molar-refractivity contribution in [2.75, 3.05) is 11.5 Å². The van der Waals surface area contributed by atoms with Crippen molar-refractivity contribution < 1.29 is 0 Å². The van der Waals surface area contributed by atoms with Crippen molar-refractivity contribution in [2.45, 2.75) is 6.42 Å². The minimum atomic E-state index is 0.0960. The van der Waals surface area contributed by atoms with Crippen LogP contribution in [0.3, 0.4) is 0 Å². The zero-order valence-electron chi connectivity index (χ0n) is 9.48. The van der Waals surface area contributed by atoms with Crippen LogP contribution in [0.1, 0.15) is 11.4 Å². The van der Waals surface area contributed by atoms with E-state index in [4.69, 9.17) is 11.5 Å². The van der Waals surface area contributed by atoms with Gasteiger partial charge in [-0.1, -0.05) is 30.3 Å². The number of fused-ring (bicyclic) bond motifs is 1. The van der Waals surface area contributed by atoms with E-state index >= 15 is 0 Å². The van der Waals surface area contributed by atoms with Gasteiger partial charge in [0.2, 0.25) is 11.9 Å². The van der Waals surface area contributed by atoms with E-state index in [1.807, 2.05) is 30.3 Å². The Kier molecular flexibility index (Phi) is 2.30. The highest BCUT2D eigenvalue weighted by molar-refractivity contribution is 5.40. The molecule has 0 aliphatic rings. The lowest BCUT2D eigenvalue weighted by molar-refractivity contribution is 0.878. The van der Waals surface area contributed by atoms with Gasteiger partial charge in [0.25, 0.3) is 5.78 Å². The van der Waals surface area contributed by atoms with Crippen molar-refractivity contribution in [2.24, 2.45) is 0 Å². The second-order valence-corrected chi connectivity index (χ2v) is 3.84. The average molecular weight is 241 g/mol. The summed E-state index contributed by atoms with van der Waals surface area (Å²) in [5.74, 6) is 1.28. The molecule has 7 nitrogen and oxygen atoms in total. The number of aromatic nitrogens is 5. The molecule has 0 bridgehead atoms. The van der Waals surface area contributed by atoms with E-state index < -0.39 is 0 Å². The average Bonchev–Trinajstić information content (AvgIpc) is 2.73. The Morgan fingerprint density at radius 2 is 1.78 bits per heavy atom. The molecule has 90 valence electrons. The summed E-state index contributed by atoms with van der Waals surface area (Å²) in [5.41, 5.74) is 12.3. The Morgan fingerprint density at radius 1 is 1.00 bits per heavy atom. The van der Waals surface area contributed by atoms with Crippen molar-refractivity contribution >= 4 is 17.7 Å². The van der Waals surface area contributed by atoms with Crippen LogP contribution in [0.4, 0.5) is 11.9 Å². The number of nitrogens with zero attached hydrogens (tertiary/aromatic N) is 5. The van der Waals surface area contributed by atoms with E-state index in [-0.39, 0.29) is 11.9 Å². The normalized spacial score (nSPS) is 10.9. The molecule has 0 saturated heterocycles. The first-order chi connectivity index (χ1) is 8.72. The second-order valence-electron chi connectivity index (χ2n) is 3.84. The molecule has 0 aliphatic heterocycles. The molecular weight excluding hydrogens is 230 g/mol. The van der Waals surface area contributed by atoms with Crippen LogP contribution in [0.15, 0.2) is 30.3 Å². The molecule has 0 fully saturated rings.